The number of ether oxygens (including phenoxy) is 6. The summed E-state index contributed by atoms with van der Waals surface area (Å²) < 4.78 is 34.5. The molecule has 17 unspecified atom stereocenters. The topological polar surface area (TPSA) is 307 Å². The van der Waals surface area contributed by atoms with Gasteiger partial charge in [-0.1, -0.05) is 346 Å². The highest BCUT2D eigenvalue weighted by Crippen LogP contribution is 2.33. The van der Waals surface area contributed by atoms with E-state index >= 15 is 0 Å². The number of carbonyl (C=O) groups is 1. The Bertz CT molecular complexity index is 2000. The van der Waals surface area contributed by atoms with Gasteiger partial charge in [0.15, 0.2) is 18.9 Å². The summed E-state index contributed by atoms with van der Waals surface area (Å²) in [5.74, 6) is -0.282. The van der Waals surface area contributed by atoms with Crippen LogP contribution in [-0.4, -0.2) is 193 Å². The Labute approximate surface area is 625 Å². The van der Waals surface area contributed by atoms with Gasteiger partial charge in [-0.3, -0.25) is 4.79 Å². The maximum atomic E-state index is 13.5. The first-order valence-electron chi connectivity index (χ1n) is 42.7. The van der Waals surface area contributed by atoms with Gasteiger partial charge in [0.2, 0.25) is 5.91 Å². The van der Waals surface area contributed by atoms with Crippen molar-refractivity contribution in [1.82, 2.24) is 5.32 Å². The molecular formula is C84H157NO18. The van der Waals surface area contributed by atoms with E-state index in [4.69, 9.17) is 28.4 Å². The van der Waals surface area contributed by atoms with Crippen LogP contribution in [-0.2, 0) is 33.2 Å². The van der Waals surface area contributed by atoms with Crippen LogP contribution in [0.1, 0.15) is 361 Å². The first kappa shape index (κ1) is 95.2. The molecule has 103 heavy (non-hydrogen) atoms. The number of aliphatic hydroxyl groups excluding tert-OH is 11. The molecule has 1 amide bonds. The van der Waals surface area contributed by atoms with Crippen molar-refractivity contribution < 1.29 is 89.4 Å². The van der Waals surface area contributed by atoms with Crippen LogP contribution in [0.5, 0.6) is 0 Å². The molecule has 0 saturated carbocycles. The molecule has 606 valence electrons. The second-order valence-corrected chi connectivity index (χ2v) is 30.6. The van der Waals surface area contributed by atoms with Crippen LogP contribution in [0, 0.1) is 0 Å². The Balaban J connectivity index is 1.34. The lowest BCUT2D eigenvalue weighted by Gasteiger charge is -2.48. The Morgan fingerprint density at radius 2 is 0.621 bits per heavy atom. The third-order valence-corrected chi connectivity index (χ3v) is 21.4. The second kappa shape index (κ2) is 64.8. The number of hydrogen-bond donors (Lipinski definition) is 12. The molecule has 12 N–H and O–H groups in total. The van der Waals surface area contributed by atoms with E-state index in [0.717, 1.165) is 44.9 Å². The third-order valence-electron chi connectivity index (χ3n) is 21.4. The first-order valence-corrected chi connectivity index (χ1v) is 42.7. The van der Waals surface area contributed by atoms with Crippen molar-refractivity contribution in [3.8, 4) is 0 Å². The fourth-order valence-corrected chi connectivity index (χ4v) is 14.6. The molecule has 17 atom stereocenters. The van der Waals surface area contributed by atoms with Gasteiger partial charge in [0, 0.05) is 6.42 Å². The standard InChI is InChI=1S/C84H157NO18/c1-3-5-7-9-11-13-15-17-19-21-23-25-27-28-29-30-31-32-33-34-35-36-37-38-40-42-44-46-48-50-52-54-56-58-60-62-72(90)85-67(68(89)61-59-57-55-53-51-49-47-45-43-41-39-26-24-22-20-18-16-14-12-10-8-6-4-2)66-98-82-78(96)75(93)80(70(64-87)100-82)103-84-79(97)76(94)81(71(65-88)101-84)102-83-77(95)74(92)73(91)69(63-86)99-83/h43,45,51,53,59,61,67-71,73-84,86-89,91-97H,3-42,44,46-50,52,54-58,60,62-66H2,1-2H3,(H,85,90)/b45-43+,53-51+,61-59+. The highest BCUT2D eigenvalue weighted by atomic mass is 16.8. The summed E-state index contributed by atoms with van der Waals surface area (Å²) in [6.07, 6.45) is 54.5. The van der Waals surface area contributed by atoms with Crippen LogP contribution in [0.25, 0.3) is 0 Å². The van der Waals surface area contributed by atoms with Gasteiger partial charge in [0.1, 0.15) is 73.2 Å². The monoisotopic (exact) mass is 1470 g/mol. The van der Waals surface area contributed by atoms with Crippen molar-refractivity contribution in [2.75, 3.05) is 26.4 Å². The van der Waals surface area contributed by atoms with Gasteiger partial charge in [-0.15, -0.1) is 0 Å². The number of aliphatic hydroxyl groups is 11. The fraction of sp³-hybridized carbons (Fsp3) is 0.917. The van der Waals surface area contributed by atoms with E-state index < -0.39 is 124 Å². The van der Waals surface area contributed by atoms with Crippen molar-refractivity contribution >= 4 is 5.91 Å². The number of nitrogens with one attached hydrogen (secondary N) is 1. The average molecular weight is 1470 g/mol. The van der Waals surface area contributed by atoms with Crippen LogP contribution >= 0.6 is 0 Å². The summed E-state index contributed by atoms with van der Waals surface area (Å²) in [5, 5.41) is 121. The highest BCUT2D eigenvalue weighted by Gasteiger charge is 2.54. The third kappa shape index (κ3) is 44.5. The predicted octanol–water partition coefficient (Wildman–Crippen LogP) is 15.1. The van der Waals surface area contributed by atoms with Crippen molar-refractivity contribution in [2.45, 2.75) is 465 Å². The van der Waals surface area contributed by atoms with Crippen LogP contribution in [0.4, 0.5) is 0 Å². The number of unbranched alkanes of at least 4 members (excludes halogenated alkanes) is 49. The summed E-state index contributed by atoms with van der Waals surface area (Å²) in [5.41, 5.74) is 0. The van der Waals surface area contributed by atoms with Gasteiger partial charge in [-0.25, -0.2) is 0 Å². The molecule has 3 heterocycles. The fourth-order valence-electron chi connectivity index (χ4n) is 14.6. The maximum absolute atomic E-state index is 13.5. The van der Waals surface area contributed by atoms with Gasteiger partial charge in [-0.05, 0) is 44.9 Å². The lowest BCUT2D eigenvalue weighted by Crippen LogP contribution is -2.66. The Kier molecular flexibility index (Phi) is 59.9. The zero-order valence-corrected chi connectivity index (χ0v) is 65.1. The molecule has 3 fully saturated rings. The van der Waals surface area contributed by atoms with Gasteiger partial charge in [-0.2, -0.15) is 0 Å². The molecular weight excluding hydrogens is 1310 g/mol. The first-order chi connectivity index (χ1) is 50.3. The summed E-state index contributed by atoms with van der Waals surface area (Å²) >= 11 is 0. The molecule has 3 aliphatic heterocycles. The molecule has 0 aliphatic carbocycles. The average Bonchev–Trinajstić information content (AvgIpc) is 0.780. The molecule has 0 spiro atoms. The van der Waals surface area contributed by atoms with Gasteiger partial charge < -0.3 is 89.9 Å². The van der Waals surface area contributed by atoms with Crippen LogP contribution in [0.15, 0.2) is 36.5 Å². The molecule has 0 radical (unpaired) electrons. The highest BCUT2D eigenvalue weighted by molar-refractivity contribution is 5.76. The Morgan fingerprint density at radius 3 is 0.971 bits per heavy atom. The van der Waals surface area contributed by atoms with Gasteiger partial charge >= 0.3 is 0 Å². The Hall–Kier alpha value is -1.99. The van der Waals surface area contributed by atoms with Crippen LogP contribution in [0.3, 0.4) is 0 Å². The number of carbonyl (C=O) groups excluding carboxylic acids is 1. The number of rotatable bonds is 69. The molecule has 0 bridgehead atoms. The lowest BCUT2D eigenvalue weighted by atomic mass is 9.96. The minimum absolute atomic E-state index is 0.237. The maximum Gasteiger partial charge on any atom is 0.220 e. The van der Waals surface area contributed by atoms with Crippen LogP contribution in [0.2, 0.25) is 0 Å². The molecule has 19 nitrogen and oxygen atoms in total. The normalized spacial score (nSPS) is 26.2. The minimum Gasteiger partial charge on any atom is -0.394 e. The van der Waals surface area contributed by atoms with E-state index in [0.29, 0.717) is 12.8 Å². The molecule has 3 rings (SSSR count). The molecule has 0 aromatic carbocycles. The van der Waals surface area contributed by atoms with E-state index in [1.165, 1.54) is 283 Å². The summed E-state index contributed by atoms with van der Waals surface area (Å²) in [6.45, 7) is 1.77. The predicted molar refractivity (Wildman–Crippen MR) is 411 cm³/mol. The van der Waals surface area contributed by atoms with E-state index in [2.05, 4.69) is 43.5 Å². The van der Waals surface area contributed by atoms with E-state index in [-0.39, 0.29) is 18.9 Å². The van der Waals surface area contributed by atoms with E-state index in [1.807, 2.05) is 6.08 Å². The smallest absolute Gasteiger partial charge is 0.220 e. The van der Waals surface area contributed by atoms with Crippen LogP contribution < -0.4 is 5.32 Å². The zero-order valence-electron chi connectivity index (χ0n) is 65.1. The van der Waals surface area contributed by atoms with E-state index in [1.54, 1.807) is 6.08 Å². The number of amides is 1. The Morgan fingerprint density at radius 1 is 0.340 bits per heavy atom. The zero-order chi connectivity index (χ0) is 74.6. The van der Waals surface area contributed by atoms with Gasteiger partial charge in [0.05, 0.1) is 38.6 Å². The minimum atomic E-state index is -1.98. The summed E-state index contributed by atoms with van der Waals surface area (Å²) in [7, 11) is 0. The number of hydrogen-bond acceptors (Lipinski definition) is 18. The molecule has 0 aromatic heterocycles. The summed E-state index contributed by atoms with van der Waals surface area (Å²) in [6, 6.07) is -0.996. The number of allylic oxidation sites excluding steroid dienone is 5. The molecule has 19 heteroatoms. The molecule has 3 saturated heterocycles. The van der Waals surface area contributed by atoms with Crippen molar-refractivity contribution in [3.05, 3.63) is 36.5 Å². The van der Waals surface area contributed by atoms with Crippen molar-refractivity contribution in [1.29, 1.82) is 0 Å². The summed E-state index contributed by atoms with van der Waals surface area (Å²) in [4.78, 5) is 13.5. The van der Waals surface area contributed by atoms with E-state index in [9.17, 15) is 61.0 Å². The van der Waals surface area contributed by atoms with Gasteiger partial charge in [0.25, 0.3) is 0 Å². The van der Waals surface area contributed by atoms with Crippen molar-refractivity contribution in [3.63, 3.8) is 0 Å². The largest absolute Gasteiger partial charge is 0.394 e. The lowest BCUT2D eigenvalue weighted by molar-refractivity contribution is -0.379. The molecule has 3 aliphatic rings. The SMILES string of the molecule is CCCCCCCCCCCCCCC/C=C/CC/C=C/CC/C=C/C(O)C(COC1OC(CO)C(OC2OC(CO)C(OC3OC(CO)C(O)C(O)C3O)C(O)C2O)C(O)C1O)NC(=O)CCCCCCCCCCCCCCCCCCCCCCCCCCCCCCCCCCCCC. The second-order valence-electron chi connectivity index (χ2n) is 30.6. The van der Waals surface area contributed by atoms with Crippen molar-refractivity contribution in [2.24, 2.45) is 0 Å². The molecule has 0 aromatic rings. The quantitative estimate of drug-likeness (QED) is 0.0199.